The quantitative estimate of drug-likeness (QED) is 0.581. The van der Waals surface area contributed by atoms with Crippen LogP contribution < -0.4 is 0 Å². The van der Waals surface area contributed by atoms with E-state index in [1.165, 1.54) is 48.9 Å². The summed E-state index contributed by atoms with van der Waals surface area (Å²) in [6.07, 6.45) is 10.3. The van der Waals surface area contributed by atoms with E-state index in [0.29, 0.717) is 11.8 Å². The molecule has 0 nitrogen and oxygen atoms in total. The molecule has 0 amide bonds. The van der Waals surface area contributed by atoms with E-state index in [4.69, 9.17) is 0 Å². The third kappa shape index (κ3) is 5.07. The second-order valence-electron chi connectivity index (χ2n) is 6.84. The molecular formula is C24H25F. The largest absolute Gasteiger partial charge is 0.207 e. The molecule has 2 aromatic carbocycles. The van der Waals surface area contributed by atoms with Crippen LogP contribution >= 0.6 is 0 Å². The second kappa shape index (κ2) is 8.67. The zero-order valence-corrected chi connectivity index (χ0v) is 14.8. The van der Waals surface area contributed by atoms with Crippen molar-refractivity contribution in [1.29, 1.82) is 0 Å². The van der Waals surface area contributed by atoms with Crippen LogP contribution in [0.4, 0.5) is 4.39 Å². The Kier molecular flexibility index (Phi) is 6.07. The average Bonchev–Trinajstić information content (AvgIpc) is 2.67. The molecule has 0 heterocycles. The SMILES string of the molecule is CCc1ccc(C2CCC(C=CC#Cc3ccc(F)cc3)CC2)cc1. The number of hydrogen-bond acceptors (Lipinski definition) is 0. The summed E-state index contributed by atoms with van der Waals surface area (Å²) in [6, 6.07) is 15.5. The molecule has 0 aromatic heterocycles. The van der Waals surface area contributed by atoms with Gasteiger partial charge >= 0.3 is 0 Å². The van der Waals surface area contributed by atoms with E-state index in [1.54, 1.807) is 12.1 Å². The van der Waals surface area contributed by atoms with Crippen LogP contribution in [0.1, 0.15) is 55.2 Å². The minimum absolute atomic E-state index is 0.220. The van der Waals surface area contributed by atoms with Gasteiger partial charge in [0.15, 0.2) is 0 Å². The van der Waals surface area contributed by atoms with Gasteiger partial charge in [0.25, 0.3) is 0 Å². The molecule has 0 atom stereocenters. The van der Waals surface area contributed by atoms with Gasteiger partial charge in [-0.2, -0.15) is 0 Å². The van der Waals surface area contributed by atoms with E-state index < -0.39 is 0 Å². The summed E-state index contributed by atoms with van der Waals surface area (Å²) < 4.78 is 12.8. The van der Waals surface area contributed by atoms with Crippen molar-refractivity contribution in [3.8, 4) is 11.8 Å². The van der Waals surface area contributed by atoms with E-state index in [2.05, 4.69) is 49.1 Å². The van der Waals surface area contributed by atoms with E-state index in [-0.39, 0.29) is 5.82 Å². The molecule has 0 radical (unpaired) electrons. The normalized spacial score (nSPS) is 20.2. The van der Waals surface area contributed by atoms with Gasteiger partial charge in [-0.15, -0.1) is 0 Å². The average molecular weight is 332 g/mol. The molecule has 1 aliphatic carbocycles. The van der Waals surface area contributed by atoms with Gasteiger partial charge in [0.05, 0.1) is 0 Å². The molecule has 0 aliphatic heterocycles. The standard InChI is InChI=1S/C24H25F/c1-2-19-7-13-22(14-8-19)23-15-9-20(10-16-23)5-3-4-6-21-11-17-24(25)18-12-21/h3,5,7-8,11-14,17-18,20,23H,2,9-10,15-16H2,1H3. The number of benzene rings is 2. The van der Waals surface area contributed by atoms with Crippen LogP contribution in [0.3, 0.4) is 0 Å². The maximum atomic E-state index is 12.8. The Labute approximate surface area is 150 Å². The van der Waals surface area contributed by atoms with E-state index >= 15 is 0 Å². The number of rotatable bonds is 3. The molecule has 128 valence electrons. The van der Waals surface area contributed by atoms with Crippen molar-refractivity contribution in [2.75, 3.05) is 0 Å². The van der Waals surface area contributed by atoms with Gasteiger partial charge in [-0.25, -0.2) is 4.39 Å². The predicted molar refractivity (Wildman–Crippen MR) is 103 cm³/mol. The molecule has 1 heteroatoms. The van der Waals surface area contributed by atoms with Crippen LogP contribution in [-0.2, 0) is 6.42 Å². The Morgan fingerprint density at radius 1 is 0.960 bits per heavy atom. The lowest BCUT2D eigenvalue weighted by atomic mass is 9.78. The highest BCUT2D eigenvalue weighted by Crippen LogP contribution is 2.36. The van der Waals surface area contributed by atoms with Gasteiger partial charge in [-0.3, -0.25) is 0 Å². The lowest BCUT2D eigenvalue weighted by molar-refractivity contribution is 0.376. The van der Waals surface area contributed by atoms with E-state index in [1.807, 2.05) is 6.08 Å². The van der Waals surface area contributed by atoms with Crippen molar-refractivity contribution in [1.82, 2.24) is 0 Å². The van der Waals surface area contributed by atoms with Crippen LogP contribution in [0, 0.1) is 23.6 Å². The van der Waals surface area contributed by atoms with Gasteiger partial charge in [0.1, 0.15) is 5.82 Å². The number of allylic oxidation sites excluding steroid dienone is 2. The molecule has 0 saturated heterocycles. The topological polar surface area (TPSA) is 0 Å². The molecule has 25 heavy (non-hydrogen) atoms. The second-order valence-corrected chi connectivity index (χ2v) is 6.84. The Balaban J connectivity index is 1.49. The van der Waals surface area contributed by atoms with Crippen molar-refractivity contribution in [2.45, 2.75) is 44.9 Å². The predicted octanol–water partition coefficient (Wildman–Crippen LogP) is 6.27. The molecule has 2 aromatic rings. The highest BCUT2D eigenvalue weighted by Gasteiger charge is 2.20. The fraction of sp³-hybridized carbons (Fsp3) is 0.333. The first-order valence-electron chi connectivity index (χ1n) is 9.27. The summed E-state index contributed by atoms with van der Waals surface area (Å²) in [5.74, 6) is 7.25. The van der Waals surface area contributed by atoms with Crippen molar-refractivity contribution in [3.05, 3.63) is 83.2 Å². The summed E-state index contributed by atoms with van der Waals surface area (Å²) in [6.45, 7) is 2.20. The molecular weight excluding hydrogens is 307 g/mol. The number of hydrogen-bond donors (Lipinski definition) is 0. The van der Waals surface area contributed by atoms with Crippen LogP contribution in [0.25, 0.3) is 0 Å². The molecule has 0 N–H and O–H groups in total. The monoisotopic (exact) mass is 332 g/mol. The Hall–Kier alpha value is -2.33. The first kappa shape index (κ1) is 17.5. The smallest absolute Gasteiger partial charge is 0.123 e. The molecule has 0 spiro atoms. The van der Waals surface area contributed by atoms with Gasteiger partial charge < -0.3 is 0 Å². The number of halogens is 1. The van der Waals surface area contributed by atoms with Crippen LogP contribution in [0.2, 0.25) is 0 Å². The maximum Gasteiger partial charge on any atom is 0.123 e. The summed E-state index contributed by atoms with van der Waals surface area (Å²) in [5.41, 5.74) is 3.76. The lowest BCUT2D eigenvalue weighted by Gasteiger charge is -2.27. The number of aryl methyl sites for hydroxylation is 1. The van der Waals surface area contributed by atoms with E-state index in [0.717, 1.165) is 12.0 Å². The van der Waals surface area contributed by atoms with E-state index in [9.17, 15) is 4.39 Å². The zero-order chi connectivity index (χ0) is 17.5. The van der Waals surface area contributed by atoms with Crippen LogP contribution in [0.15, 0.2) is 60.7 Å². The third-order valence-electron chi connectivity index (χ3n) is 5.14. The summed E-state index contributed by atoms with van der Waals surface area (Å²) >= 11 is 0. The van der Waals surface area contributed by atoms with Crippen LogP contribution in [-0.4, -0.2) is 0 Å². The van der Waals surface area contributed by atoms with Gasteiger partial charge in [0.2, 0.25) is 0 Å². The minimum atomic E-state index is -0.220. The van der Waals surface area contributed by atoms with Crippen molar-refractivity contribution in [2.24, 2.45) is 5.92 Å². The molecule has 0 bridgehead atoms. The molecule has 3 rings (SSSR count). The van der Waals surface area contributed by atoms with Crippen LogP contribution in [0.5, 0.6) is 0 Å². The van der Waals surface area contributed by atoms with Crippen molar-refractivity contribution in [3.63, 3.8) is 0 Å². The maximum absolute atomic E-state index is 12.8. The Morgan fingerprint density at radius 3 is 2.28 bits per heavy atom. The van der Waals surface area contributed by atoms with Gasteiger partial charge in [0, 0.05) is 5.56 Å². The summed E-state index contributed by atoms with van der Waals surface area (Å²) in [7, 11) is 0. The van der Waals surface area contributed by atoms with Crippen molar-refractivity contribution >= 4 is 0 Å². The Morgan fingerprint density at radius 2 is 1.64 bits per heavy atom. The fourth-order valence-corrected chi connectivity index (χ4v) is 3.51. The first-order chi connectivity index (χ1) is 12.2. The van der Waals surface area contributed by atoms with Gasteiger partial charge in [-0.1, -0.05) is 49.1 Å². The Bertz CT molecular complexity index is 748. The fourth-order valence-electron chi connectivity index (χ4n) is 3.51. The zero-order valence-electron chi connectivity index (χ0n) is 14.8. The van der Waals surface area contributed by atoms with Gasteiger partial charge in [-0.05, 0) is 85.4 Å². The minimum Gasteiger partial charge on any atom is -0.207 e. The highest BCUT2D eigenvalue weighted by molar-refractivity contribution is 5.37. The lowest BCUT2D eigenvalue weighted by Crippen LogP contribution is -2.11. The summed E-state index contributed by atoms with van der Waals surface area (Å²) in [5, 5.41) is 0. The first-order valence-corrected chi connectivity index (χ1v) is 9.27. The molecule has 1 fully saturated rings. The highest BCUT2D eigenvalue weighted by atomic mass is 19.1. The molecule has 1 aliphatic rings. The molecule has 1 saturated carbocycles. The van der Waals surface area contributed by atoms with Crippen molar-refractivity contribution < 1.29 is 4.39 Å². The molecule has 0 unspecified atom stereocenters. The third-order valence-corrected chi connectivity index (χ3v) is 5.14. The summed E-state index contributed by atoms with van der Waals surface area (Å²) in [4.78, 5) is 0.